The molecule has 2 rings (SSSR count). The number of carbonyl (C=O) groups excluding carboxylic acids is 2. The molecule has 0 unspecified atom stereocenters. The van der Waals surface area contributed by atoms with Gasteiger partial charge in [0.25, 0.3) is 0 Å². The van der Waals surface area contributed by atoms with E-state index in [1.165, 1.54) is 77.0 Å². The van der Waals surface area contributed by atoms with Crippen molar-refractivity contribution in [3.8, 4) is 11.5 Å². The Morgan fingerprint density at radius 3 is 1.09 bits per heavy atom. The molecule has 0 aliphatic rings. The van der Waals surface area contributed by atoms with E-state index in [0.29, 0.717) is 12.8 Å². The molecule has 0 bridgehead atoms. The second-order valence-corrected chi connectivity index (χ2v) is 12.7. The molecule has 0 aliphatic carbocycles. The first kappa shape index (κ1) is 39.2. The Hall–Kier alpha value is -3.02. The summed E-state index contributed by atoms with van der Waals surface area (Å²) < 4.78 is 11.7. The molecule has 6 nitrogen and oxygen atoms in total. The van der Waals surface area contributed by atoms with E-state index in [0.717, 1.165) is 87.5 Å². The first-order chi connectivity index (χ1) is 22.6. The number of benzene rings is 2. The fourth-order valence-electron chi connectivity index (χ4n) is 5.49. The highest BCUT2D eigenvalue weighted by Crippen LogP contribution is 2.19. The molecule has 0 spiro atoms. The van der Waals surface area contributed by atoms with Crippen LogP contribution in [0, 0.1) is 0 Å². The average Bonchev–Trinajstić information content (AvgIpc) is 3.06. The zero-order valence-electron chi connectivity index (χ0n) is 29.2. The van der Waals surface area contributed by atoms with Gasteiger partial charge in [0.1, 0.15) is 11.5 Å². The Labute approximate surface area is 280 Å². The normalized spacial score (nSPS) is 10.9. The molecule has 0 fully saturated rings. The van der Waals surface area contributed by atoms with Crippen LogP contribution in [0.3, 0.4) is 0 Å². The Morgan fingerprint density at radius 1 is 0.435 bits per heavy atom. The Bertz CT molecular complexity index is 939. The fraction of sp³-hybridized carbons (Fsp3) is 0.650. The van der Waals surface area contributed by atoms with Crippen LogP contribution in [0.1, 0.15) is 155 Å². The number of nitrogens with one attached hydrogen (secondary N) is 2. The van der Waals surface area contributed by atoms with Gasteiger partial charge in [-0.3, -0.25) is 9.59 Å². The molecule has 0 heterocycles. The van der Waals surface area contributed by atoms with Crippen molar-refractivity contribution in [2.45, 2.75) is 155 Å². The number of carbonyl (C=O) groups is 2. The molecule has 0 aromatic heterocycles. The van der Waals surface area contributed by atoms with Crippen LogP contribution in [0.4, 0.5) is 11.4 Å². The van der Waals surface area contributed by atoms with Crippen molar-refractivity contribution in [2.75, 3.05) is 23.8 Å². The molecule has 2 aromatic carbocycles. The Balaban J connectivity index is 1.40. The number of ether oxygens (including phenoxy) is 2. The Morgan fingerprint density at radius 2 is 0.739 bits per heavy atom. The van der Waals surface area contributed by atoms with Gasteiger partial charge in [0.05, 0.1) is 13.2 Å². The smallest absolute Gasteiger partial charge is 0.224 e. The van der Waals surface area contributed by atoms with E-state index in [9.17, 15) is 9.59 Å². The van der Waals surface area contributed by atoms with Gasteiger partial charge in [-0.2, -0.15) is 0 Å². The highest BCUT2D eigenvalue weighted by atomic mass is 16.5. The Kier molecular flexibility index (Phi) is 23.1. The number of amides is 2. The second-order valence-electron chi connectivity index (χ2n) is 12.7. The van der Waals surface area contributed by atoms with Crippen LogP contribution in [0.5, 0.6) is 11.5 Å². The summed E-state index contributed by atoms with van der Waals surface area (Å²) in [5, 5.41) is 6.00. The maximum Gasteiger partial charge on any atom is 0.224 e. The molecule has 0 saturated heterocycles. The standard InChI is InChI=1S/C40H64N2O4/c1-3-5-7-9-17-21-33-45-37-29-25-35(26-30-37)41-39(43)23-19-15-13-11-12-14-16-20-24-40(44)42-36-27-31-38(32-28-36)46-34-22-18-10-8-6-4-2/h25-32H,3-24,33-34H2,1-2H3,(H,41,43)(H,42,44). The first-order valence-corrected chi connectivity index (χ1v) is 18.7. The van der Waals surface area contributed by atoms with E-state index >= 15 is 0 Å². The predicted molar refractivity (Wildman–Crippen MR) is 194 cm³/mol. The first-order valence-electron chi connectivity index (χ1n) is 18.7. The number of anilines is 2. The van der Waals surface area contributed by atoms with Crippen LogP contribution in [-0.2, 0) is 9.59 Å². The van der Waals surface area contributed by atoms with Crippen molar-refractivity contribution >= 4 is 23.2 Å². The van der Waals surface area contributed by atoms with Crippen molar-refractivity contribution in [3.05, 3.63) is 48.5 Å². The lowest BCUT2D eigenvalue weighted by Gasteiger charge is -2.09. The van der Waals surface area contributed by atoms with Crippen LogP contribution in [0.2, 0.25) is 0 Å². The summed E-state index contributed by atoms with van der Waals surface area (Å²) in [4.78, 5) is 24.6. The maximum absolute atomic E-state index is 12.3. The van der Waals surface area contributed by atoms with Crippen LogP contribution >= 0.6 is 0 Å². The van der Waals surface area contributed by atoms with E-state index in [4.69, 9.17) is 9.47 Å². The van der Waals surface area contributed by atoms with Crippen molar-refractivity contribution in [1.29, 1.82) is 0 Å². The molecule has 0 aliphatic heterocycles. The maximum atomic E-state index is 12.3. The zero-order valence-corrected chi connectivity index (χ0v) is 29.2. The van der Waals surface area contributed by atoms with Crippen LogP contribution in [0.25, 0.3) is 0 Å². The molecule has 6 heteroatoms. The molecule has 46 heavy (non-hydrogen) atoms. The van der Waals surface area contributed by atoms with Gasteiger partial charge in [-0.1, -0.05) is 117 Å². The second kappa shape index (κ2) is 27.1. The van der Waals surface area contributed by atoms with Crippen molar-refractivity contribution < 1.29 is 19.1 Å². The molecule has 0 radical (unpaired) electrons. The van der Waals surface area contributed by atoms with Gasteiger partial charge in [-0.15, -0.1) is 0 Å². The van der Waals surface area contributed by atoms with Crippen molar-refractivity contribution in [1.82, 2.24) is 0 Å². The van der Waals surface area contributed by atoms with E-state index in [2.05, 4.69) is 24.5 Å². The quantitative estimate of drug-likeness (QED) is 0.0871. The lowest BCUT2D eigenvalue weighted by Crippen LogP contribution is -2.11. The minimum absolute atomic E-state index is 0.0757. The number of rotatable bonds is 29. The van der Waals surface area contributed by atoms with Crippen LogP contribution in [-0.4, -0.2) is 25.0 Å². The van der Waals surface area contributed by atoms with Gasteiger partial charge in [0.15, 0.2) is 0 Å². The van der Waals surface area contributed by atoms with Crippen molar-refractivity contribution in [3.63, 3.8) is 0 Å². The summed E-state index contributed by atoms with van der Waals surface area (Å²) in [6, 6.07) is 15.4. The molecular formula is C40H64N2O4. The third-order valence-electron chi connectivity index (χ3n) is 8.37. The summed E-state index contributed by atoms with van der Waals surface area (Å²) in [5.41, 5.74) is 1.65. The minimum Gasteiger partial charge on any atom is -0.494 e. The van der Waals surface area contributed by atoms with E-state index in [1.807, 2.05) is 48.5 Å². The highest BCUT2D eigenvalue weighted by molar-refractivity contribution is 5.91. The number of unbranched alkanes of at least 4 members (excludes halogenated alkanes) is 17. The third kappa shape index (κ3) is 20.9. The zero-order chi connectivity index (χ0) is 32.9. The monoisotopic (exact) mass is 636 g/mol. The third-order valence-corrected chi connectivity index (χ3v) is 8.37. The highest BCUT2D eigenvalue weighted by Gasteiger charge is 2.05. The average molecular weight is 637 g/mol. The van der Waals surface area contributed by atoms with Gasteiger partial charge in [0, 0.05) is 24.2 Å². The van der Waals surface area contributed by atoms with Gasteiger partial charge in [-0.05, 0) is 74.2 Å². The largest absolute Gasteiger partial charge is 0.494 e. The van der Waals surface area contributed by atoms with Gasteiger partial charge < -0.3 is 20.1 Å². The number of hydrogen-bond acceptors (Lipinski definition) is 4. The molecule has 2 amide bonds. The summed E-state index contributed by atoms with van der Waals surface area (Å²) in [6.45, 7) is 5.98. The van der Waals surface area contributed by atoms with Crippen molar-refractivity contribution in [2.24, 2.45) is 0 Å². The predicted octanol–water partition coefficient (Wildman–Crippen LogP) is 11.6. The molecular weight excluding hydrogens is 572 g/mol. The minimum atomic E-state index is 0.0757. The topological polar surface area (TPSA) is 76.7 Å². The molecule has 2 N–H and O–H groups in total. The summed E-state index contributed by atoms with van der Waals surface area (Å²) in [5.74, 6) is 1.87. The van der Waals surface area contributed by atoms with E-state index < -0.39 is 0 Å². The van der Waals surface area contributed by atoms with Crippen LogP contribution < -0.4 is 20.1 Å². The molecule has 0 saturated carbocycles. The van der Waals surface area contributed by atoms with Gasteiger partial charge in [-0.25, -0.2) is 0 Å². The van der Waals surface area contributed by atoms with Gasteiger partial charge in [0.2, 0.25) is 11.8 Å². The molecule has 258 valence electrons. The SMILES string of the molecule is CCCCCCCCOc1ccc(NC(=O)CCCCCCCCCCC(=O)Nc2ccc(OCCCCCCCC)cc2)cc1. The lowest BCUT2D eigenvalue weighted by atomic mass is 10.1. The number of hydrogen-bond donors (Lipinski definition) is 2. The summed E-state index contributed by atoms with van der Waals surface area (Å²) >= 11 is 0. The van der Waals surface area contributed by atoms with E-state index in [-0.39, 0.29) is 11.8 Å². The van der Waals surface area contributed by atoms with Gasteiger partial charge >= 0.3 is 0 Å². The molecule has 2 aromatic rings. The fourth-order valence-corrected chi connectivity index (χ4v) is 5.49. The summed E-state index contributed by atoms with van der Waals surface area (Å²) in [7, 11) is 0. The molecule has 0 atom stereocenters. The lowest BCUT2D eigenvalue weighted by molar-refractivity contribution is -0.117. The van der Waals surface area contributed by atoms with E-state index in [1.54, 1.807) is 0 Å². The summed E-state index contributed by atoms with van der Waals surface area (Å²) in [6.07, 6.45) is 24.8. The van der Waals surface area contributed by atoms with Crippen LogP contribution in [0.15, 0.2) is 48.5 Å².